The Bertz CT molecular complexity index is 555. The number of aromatic nitrogens is 2. The van der Waals surface area contributed by atoms with Crippen LogP contribution in [0.1, 0.15) is 33.0 Å². The van der Waals surface area contributed by atoms with Crippen LogP contribution in [-0.4, -0.2) is 24.6 Å². The molecule has 0 radical (unpaired) electrons. The van der Waals surface area contributed by atoms with E-state index >= 15 is 0 Å². The van der Waals surface area contributed by atoms with E-state index in [0.717, 1.165) is 4.57 Å². The Labute approximate surface area is 125 Å². The van der Waals surface area contributed by atoms with E-state index in [1.165, 1.54) is 6.08 Å². The molecule has 0 aliphatic rings. The maximum absolute atomic E-state index is 13.8. The van der Waals surface area contributed by atoms with Gasteiger partial charge >= 0.3 is 5.76 Å². The summed E-state index contributed by atoms with van der Waals surface area (Å²) >= 11 is 0. The van der Waals surface area contributed by atoms with Gasteiger partial charge in [0, 0.05) is 6.61 Å². The minimum atomic E-state index is -1.79. The second-order valence-corrected chi connectivity index (χ2v) is 11.4. The molecule has 0 atom stereocenters. The summed E-state index contributed by atoms with van der Waals surface area (Å²) < 4.78 is 25.3. The molecule has 0 saturated carbocycles. The highest BCUT2D eigenvalue weighted by Crippen LogP contribution is 2.36. The molecule has 21 heavy (non-hydrogen) atoms. The summed E-state index contributed by atoms with van der Waals surface area (Å²) in [7, 11) is -1.79. The van der Waals surface area contributed by atoms with Gasteiger partial charge in [-0.1, -0.05) is 25.9 Å². The molecule has 0 aromatic carbocycles. The third-order valence-electron chi connectivity index (χ3n) is 3.93. The fourth-order valence-corrected chi connectivity index (χ4v) is 2.54. The number of aryl methyl sites for hydroxylation is 1. The zero-order valence-electron chi connectivity index (χ0n) is 13.7. The molecule has 0 saturated heterocycles. The van der Waals surface area contributed by atoms with E-state index in [1.807, 2.05) is 0 Å². The van der Waals surface area contributed by atoms with E-state index < -0.39 is 14.1 Å². The normalized spacial score (nSPS) is 13.8. The molecule has 120 valence electrons. The summed E-state index contributed by atoms with van der Waals surface area (Å²) in [4.78, 5) is 11.3. The van der Waals surface area contributed by atoms with Gasteiger partial charge in [0.1, 0.15) is 5.83 Å². The third kappa shape index (κ3) is 4.92. The molecule has 1 aromatic rings. The van der Waals surface area contributed by atoms with E-state index in [2.05, 4.69) is 43.5 Å². The van der Waals surface area contributed by atoms with E-state index in [1.54, 1.807) is 6.92 Å². The monoisotopic (exact) mass is 316 g/mol. The number of allylic oxidation sites excluding steroid dienone is 1. The molecule has 0 unspecified atom stereocenters. The fourth-order valence-electron chi connectivity index (χ4n) is 1.48. The lowest BCUT2D eigenvalue weighted by molar-refractivity contribution is 0.293. The fraction of sp³-hybridized carbons (Fsp3) is 0.714. The summed E-state index contributed by atoms with van der Waals surface area (Å²) in [5.41, 5.74) is 0. The van der Waals surface area contributed by atoms with Gasteiger partial charge in [-0.25, -0.2) is 9.18 Å². The molecule has 0 aliphatic carbocycles. The SMILES string of the molecule is Cc1noc(=O)n1CC(F)=CCCO[Si](C)(C)C(C)(C)C. The predicted molar refractivity (Wildman–Crippen MR) is 82.5 cm³/mol. The summed E-state index contributed by atoms with van der Waals surface area (Å²) in [6, 6.07) is 0. The Morgan fingerprint density at radius 3 is 2.57 bits per heavy atom. The quantitative estimate of drug-likeness (QED) is 0.596. The number of hydrogen-bond donors (Lipinski definition) is 0. The molecule has 1 aromatic heterocycles. The topological polar surface area (TPSA) is 57.3 Å². The minimum Gasteiger partial charge on any atom is -0.417 e. The molecule has 0 fully saturated rings. The third-order valence-corrected chi connectivity index (χ3v) is 8.47. The molecule has 1 heterocycles. The Kier molecular flexibility index (Phi) is 5.69. The van der Waals surface area contributed by atoms with Crippen molar-refractivity contribution in [2.75, 3.05) is 6.61 Å². The first kappa shape index (κ1) is 17.8. The van der Waals surface area contributed by atoms with Crippen LogP contribution in [0.15, 0.2) is 21.2 Å². The van der Waals surface area contributed by atoms with Crippen LogP contribution >= 0.6 is 0 Å². The number of nitrogens with zero attached hydrogens (tertiary/aromatic N) is 2. The van der Waals surface area contributed by atoms with Crippen molar-refractivity contribution in [2.45, 2.75) is 58.8 Å². The number of rotatable bonds is 6. The smallest absolute Gasteiger partial charge is 0.417 e. The summed E-state index contributed by atoms with van der Waals surface area (Å²) in [5, 5.41) is 3.63. The van der Waals surface area contributed by atoms with Crippen molar-refractivity contribution in [3.63, 3.8) is 0 Å². The first-order valence-electron chi connectivity index (χ1n) is 7.06. The van der Waals surface area contributed by atoms with Gasteiger partial charge in [0.2, 0.25) is 0 Å². The summed E-state index contributed by atoms with van der Waals surface area (Å²) in [5.74, 6) is -0.670. The van der Waals surface area contributed by atoms with E-state index in [0.29, 0.717) is 18.9 Å². The lowest BCUT2D eigenvalue weighted by Gasteiger charge is -2.36. The van der Waals surface area contributed by atoms with Crippen LogP contribution in [0.3, 0.4) is 0 Å². The Morgan fingerprint density at radius 2 is 2.10 bits per heavy atom. The zero-order chi connectivity index (χ0) is 16.3. The maximum atomic E-state index is 13.8. The molecule has 0 bridgehead atoms. The van der Waals surface area contributed by atoms with Gasteiger partial charge in [-0.05, 0) is 37.6 Å². The van der Waals surface area contributed by atoms with Gasteiger partial charge in [-0.3, -0.25) is 9.09 Å². The number of hydrogen-bond acceptors (Lipinski definition) is 4. The molecular formula is C14H25FN2O3Si. The van der Waals surface area contributed by atoms with Crippen molar-refractivity contribution in [1.29, 1.82) is 0 Å². The Morgan fingerprint density at radius 1 is 1.48 bits per heavy atom. The lowest BCUT2D eigenvalue weighted by atomic mass is 10.2. The highest BCUT2D eigenvalue weighted by atomic mass is 28.4. The van der Waals surface area contributed by atoms with E-state index in [4.69, 9.17) is 4.43 Å². The Balaban J connectivity index is 2.49. The average Bonchev–Trinajstić information content (AvgIpc) is 2.65. The van der Waals surface area contributed by atoms with E-state index in [9.17, 15) is 9.18 Å². The zero-order valence-corrected chi connectivity index (χ0v) is 14.7. The molecule has 0 N–H and O–H groups in total. The van der Waals surface area contributed by atoms with Crippen molar-refractivity contribution in [2.24, 2.45) is 0 Å². The molecule has 1 rings (SSSR count). The van der Waals surface area contributed by atoms with Crippen LogP contribution in [0, 0.1) is 6.92 Å². The molecule has 5 nitrogen and oxygen atoms in total. The average molecular weight is 316 g/mol. The summed E-state index contributed by atoms with van der Waals surface area (Å²) in [6.45, 7) is 12.7. The van der Waals surface area contributed by atoms with Crippen LogP contribution in [0.2, 0.25) is 18.1 Å². The second-order valence-electron chi connectivity index (χ2n) is 6.63. The van der Waals surface area contributed by atoms with Crippen LogP contribution in [0.4, 0.5) is 4.39 Å². The van der Waals surface area contributed by atoms with Crippen LogP contribution in [-0.2, 0) is 11.0 Å². The highest BCUT2D eigenvalue weighted by Gasteiger charge is 2.36. The van der Waals surface area contributed by atoms with Crippen LogP contribution in [0.5, 0.6) is 0 Å². The molecule has 7 heteroatoms. The van der Waals surface area contributed by atoms with Gasteiger partial charge in [0.25, 0.3) is 0 Å². The predicted octanol–water partition coefficient (Wildman–Crippen LogP) is 3.41. The maximum Gasteiger partial charge on any atom is 0.441 e. The molecule has 0 aliphatic heterocycles. The van der Waals surface area contributed by atoms with E-state index in [-0.39, 0.29) is 17.4 Å². The Hall–Kier alpha value is -1.21. The van der Waals surface area contributed by atoms with Crippen molar-refractivity contribution < 1.29 is 13.3 Å². The van der Waals surface area contributed by atoms with Crippen molar-refractivity contribution in [3.05, 3.63) is 28.3 Å². The lowest BCUT2D eigenvalue weighted by Crippen LogP contribution is -2.40. The standard InChI is InChI=1S/C14H25FN2O3Si/c1-11-16-20-13(18)17(11)10-12(15)8-7-9-19-21(5,6)14(2,3)4/h8H,7,9-10H2,1-6H3. The highest BCUT2D eigenvalue weighted by molar-refractivity contribution is 6.74. The second kappa shape index (κ2) is 6.70. The van der Waals surface area contributed by atoms with Crippen molar-refractivity contribution in [1.82, 2.24) is 9.72 Å². The summed E-state index contributed by atoms with van der Waals surface area (Å²) in [6.07, 6.45) is 1.93. The first-order chi connectivity index (χ1) is 9.54. The van der Waals surface area contributed by atoms with Crippen molar-refractivity contribution in [3.8, 4) is 0 Å². The number of halogens is 1. The minimum absolute atomic E-state index is 0.141. The van der Waals surface area contributed by atoms with Gasteiger partial charge in [0.05, 0.1) is 6.54 Å². The van der Waals surface area contributed by atoms with Crippen LogP contribution < -0.4 is 5.76 Å². The van der Waals surface area contributed by atoms with Crippen LogP contribution in [0.25, 0.3) is 0 Å². The van der Waals surface area contributed by atoms with Crippen molar-refractivity contribution >= 4 is 8.32 Å². The van der Waals surface area contributed by atoms with Gasteiger partial charge in [-0.2, -0.15) is 0 Å². The van der Waals surface area contributed by atoms with Gasteiger partial charge in [-0.15, -0.1) is 0 Å². The molecule has 0 spiro atoms. The molecular weight excluding hydrogens is 291 g/mol. The van der Waals surface area contributed by atoms with Gasteiger partial charge < -0.3 is 4.43 Å². The molecule has 0 amide bonds. The largest absolute Gasteiger partial charge is 0.441 e. The first-order valence-corrected chi connectivity index (χ1v) is 9.97. The van der Waals surface area contributed by atoms with Gasteiger partial charge in [0.15, 0.2) is 14.1 Å².